The highest BCUT2D eigenvalue weighted by Gasteiger charge is 2.05. The molecule has 0 fully saturated rings. The summed E-state index contributed by atoms with van der Waals surface area (Å²) in [4.78, 5) is 10.6. The predicted octanol–water partition coefficient (Wildman–Crippen LogP) is 1.91. The minimum absolute atomic E-state index is 0.308. The van der Waals surface area contributed by atoms with Gasteiger partial charge < -0.3 is 9.52 Å². The van der Waals surface area contributed by atoms with Gasteiger partial charge in [-0.05, 0) is 24.6 Å². The fourth-order valence-electron chi connectivity index (χ4n) is 1.15. The highest BCUT2D eigenvalue weighted by molar-refractivity contribution is 7.16. The van der Waals surface area contributed by atoms with Crippen molar-refractivity contribution in [2.24, 2.45) is 0 Å². The average molecular weight is 196 g/mol. The van der Waals surface area contributed by atoms with Crippen molar-refractivity contribution in [3.8, 4) is 0 Å². The van der Waals surface area contributed by atoms with Crippen molar-refractivity contribution in [1.29, 1.82) is 0 Å². The molecule has 0 radical (unpaired) electrons. The molecule has 0 spiro atoms. The van der Waals surface area contributed by atoms with Gasteiger partial charge in [-0.1, -0.05) is 17.4 Å². The van der Waals surface area contributed by atoms with Crippen LogP contribution in [0, 0.1) is 0 Å². The fourth-order valence-corrected chi connectivity index (χ4v) is 1.87. The van der Waals surface area contributed by atoms with Crippen molar-refractivity contribution < 1.29 is 9.52 Å². The Hall–Kier alpha value is -1.13. The first-order valence-corrected chi connectivity index (χ1v) is 4.70. The number of hydrogen-bond acceptors (Lipinski definition) is 4. The Kier molecular flexibility index (Phi) is 1.94. The van der Waals surface area contributed by atoms with Gasteiger partial charge in [-0.15, -0.1) is 0 Å². The van der Waals surface area contributed by atoms with Crippen LogP contribution >= 0.6 is 11.3 Å². The fraction of sp³-hybridized carbons (Fsp3) is 0.222. The van der Waals surface area contributed by atoms with Gasteiger partial charge in [0.1, 0.15) is 5.58 Å². The average Bonchev–Trinajstić information content (AvgIpc) is 2.42. The van der Waals surface area contributed by atoms with Crippen molar-refractivity contribution in [3.63, 3.8) is 0 Å². The van der Waals surface area contributed by atoms with Crippen LogP contribution in [0.25, 0.3) is 10.3 Å². The maximum absolute atomic E-state index is 10.9. The Morgan fingerprint density at radius 1 is 1.54 bits per heavy atom. The normalized spacial score (nSPS) is 13.4. The van der Waals surface area contributed by atoms with Gasteiger partial charge in [-0.2, -0.15) is 0 Å². The van der Waals surface area contributed by atoms with Gasteiger partial charge in [0.05, 0.1) is 10.8 Å². The molecule has 0 aliphatic heterocycles. The first-order valence-electron chi connectivity index (χ1n) is 3.88. The monoisotopic (exact) mass is 196 g/mol. The molecule has 3 nitrogen and oxygen atoms in total. The lowest BCUT2D eigenvalue weighted by molar-refractivity contribution is 0.199. The molecule has 0 saturated carbocycles. The summed E-state index contributed by atoms with van der Waals surface area (Å²) >= 11 is 1.05. The van der Waals surface area contributed by atoms with E-state index in [4.69, 9.17) is 4.42 Å². The number of rotatable bonds is 1. The molecule has 68 valence electrons. The standard InChI is InChI=1S/C9H8O3S/c1-5(10)6-2-3-7-8(4-6)13-9(11)12-7/h2-5,10H,1H3. The number of fused-ring (bicyclic) bond motifs is 1. The van der Waals surface area contributed by atoms with E-state index in [1.54, 1.807) is 25.1 Å². The van der Waals surface area contributed by atoms with E-state index in [0.717, 1.165) is 21.6 Å². The van der Waals surface area contributed by atoms with Gasteiger partial charge >= 0.3 is 4.94 Å². The van der Waals surface area contributed by atoms with Gasteiger partial charge in [0, 0.05) is 0 Å². The van der Waals surface area contributed by atoms with Crippen molar-refractivity contribution in [3.05, 3.63) is 33.5 Å². The van der Waals surface area contributed by atoms with E-state index in [9.17, 15) is 9.90 Å². The Bertz CT molecular complexity index is 481. The van der Waals surface area contributed by atoms with Crippen molar-refractivity contribution in [1.82, 2.24) is 0 Å². The number of aliphatic hydroxyl groups is 1. The largest absolute Gasteiger partial charge is 0.414 e. The maximum atomic E-state index is 10.9. The van der Waals surface area contributed by atoms with Gasteiger partial charge in [-0.3, -0.25) is 0 Å². The topological polar surface area (TPSA) is 50.4 Å². The molecule has 1 N–H and O–H groups in total. The molecular weight excluding hydrogens is 188 g/mol. The summed E-state index contributed by atoms with van der Waals surface area (Å²) in [6.45, 7) is 1.68. The zero-order valence-corrected chi connectivity index (χ0v) is 7.80. The summed E-state index contributed by atoms with van der Waals surface area (Å²) in [6.07, 6.45) is -0.512. The van der Waals surface area contributed by atoms with Crippen LogP contribution in [0.3, 0.4) is 0 Å². The zero-order chi connectivity index (χ0) is 9.42. The van der Waals surface area contributed by atoms with Crippen molar-refractivity contribution in [2.45, 2.75) is 13.0 Å². The van der Waals surface area contributed by atoms with Crippen molar-refractivity contribution >= 4 is 21.6 Å². The second-order valence-electron chi connectivity index (χ2n) is 2.84. The van der Waals surface area contributed by atoms with E-state index in [2.05, 4.69) is 0 Å². The molecule has 0 saturated heterocycles. The highest BCUT2D eigenvalue weighted by atomic mass is 32.1. The molecule has 4 heteroatoms. The molecule has 1 heterocycles. The lowest BCUT2D eigenvalue weighted by Gasteiger charge is -2.02. The molecule has 13 heavy (non-hydrogen) atoms. The van der Waals surface area contributed by atoms with E-state index in [1.807, 2.05) is 0 Å². The molecule has 0 amide bonds. The van der Waals surface area contributed by atoms with Gasteiger partial charge in [0.2, 0.25) is 0 Å². The summed E-state index contributed by atoms with van der Waals surface area (Å²) in [5.74, 6) is 0. The number of benzene rings is 1. The Labute approximate surface area is 78.2 Å². The van der Waals surface area contributed by atoms with Gasteiger partial charge in [0.25, 0.3) is 0 Å². The zero-order valence-electron chi connectivity index (χ0n) is 6.98. The molecule has 0 aliphatic rings. The summed E-state index contributed by atoms with van der Waals surface area (Å²) in [5, 5.41) is 9.29. The van der Waals surface area contributed by atoms with Crippen molar-refractivity contribution in [2.75, 3.05) is 0 Å². The van der Waals surface area contributed by atoms with Crippen LogP contribution < -0.4 is 4.94 Å². The first-order chi connectivity index (χ1) is 6.16. The predicted molar refractivity (Wildman–Crippen MR) is 51.0 cm³/mol. The summed E-state index contributed by atoms with van der Waals surface area (Å²) in [6, 6.07) is 5.23. The molecule has 1 unspecified atom stereocenters. The molecule has 0 bridgehead atoms. The molecule has 2 rings (SSSR count). The minimum atomic E-state index is -0.512. The van der Waals surface area contributed by atoms with E-state index in [0.29, 0.717) is 5.58 Å². The summed E-state index contributed by atoms with van der Waals surface area (Å²) in [7, 11) is 0. The number of aliphatic hydroxyl groups excluding tert-OH is 1. The van der Waals surface area contributed by atoms with Crippen LogP contribution in [0.2, 0.25) is 0 Å². The highest BCUT2D eigenvalue weighted by Crippen LogP contribution is 2.21. The van der Waals surface area contributed by atoms with Crippen LogP contribution in [-0.4, -0.2) is 5.11 Å². The Morgan fingerprint density at radius 2 is 2.31 bits per heavy atom. The van der Waals surface area contributed by atoms with E-state index < -0.39 is 6.10 Å². The Balaban J connectivity index is 2.68. The lowest BCUT2D eigenvalue weighted by atomic mass is 10.1. The summed E-state index contributed by atoms with van der Waals surface area (Å²) in [5.41, 5.74) is 1.38. The third kappa shape index (κ3) is 1.50. The summed E-state index contributed by atoms with van der Waals surface area (Å²) < 4.78 is 5.66. The van der Waals surface area contributed by atoms with Crippen LogP contribution in [0.4, 0.5) is 0 Å². The molecule has 1 aromatic carbocycles. The second kappa shape index (κ2) is 2.97. The van der Waals surface area contributed by atoms with E-state index in [1.165, 1.54) is 0 Å². The third-order valence-electron chi connectivity index (χ3n) is 1.84. The van der Waals surface area contributed by atoms with E-state index >= 15 is 0 Å². The Morgan fingerprint density at radius 3 is 3.00 bits per heavy atom. The molecule has 2 aromatic rings. The quantitative estimate of drug-likeness (QED) is 0.757. The SMILES string of the molecule is CC(O)c1ccc2oc(=O)sc2c1. The second-order valence-corrected chi connectivity index (χ2v) is 3.81. The van der Waals surface area contributed by atoms with Gasteiger partial charge in [0.15, 0.2) is 0 Å². The van der Waals surface area contributed by atoms with E-state index in [-0.39, 0.29) is 4.94 Å². The lowest BCUT2D eigenvalue weighted by Crippen LogP contribution is -1.88. The third-order valence-corrected chi connectivity index (χ3v) is 2.63. The first kappa shape index (κ1) is 8.47. The van der Waals surface area contributed by atoms with Crippen LogP contribution in [0.1, 0.15) is 18.6 Å². The molecule has 0 aliphatic carbocycles. The van der Waals surface area contributed by atoms with Gasteiger partial charge in [-0.25, -0.2) is 4.79 Å². The van der Waals surface area contributed by atoms with Crippen LogP contribution in [0.15, 0.2) is 27.4 Å². The van der Waals surface area contributed by atoms with Crippen LogP contribution in [0.5, 0.6) is 0 Å². The number of hydrogen-bond donors (Lipinski definition) is 1. The molecule has 1 atom stereocenters. The maximum Gasteiger partial charge on any atom is 0.396 e. The van der Waals surface area contributed by atoms with Crippen LogP contribution in [-0.2, 0) is 0 Å². The minimum Gasteiger partial charge on any atom is -0.414 e. The smallest absolute Gasteiger partial charge is 0.396 e. The molecule has 1 aromatic heterocycles. The molecular formula is C9H8O3S.